The summed E-state index contributed by atoms with van der Waals surface area (Å²) in [5.41, 5.74) is 6.69. The number of hydrogen-bond acceptors (Lipinski definition) is 3. The van der Waals surface area contributed by atoms with E-state index in [1.807, 2.05) is 30.3 Å². The second kappa shape index (κ2) is 7.79. The zero-order valence-corrected chi connectivity index (χ0v) is 13.9. The minimum Gasteiger partial charge on any atom is -0.352 e. The van der Waals surface area contributed by atoms with Gasteiger partial charge in [0.25, 0.3) is 0 Å². The quantitative estimate of drug-likeness (QED) is 0.877. The molecule has 1 heterocycles. The third kappa shape index (κ3) is 3.51. The van der Waals surface area contributed by atoms with Crippen LogP contribution in [0.1, 0.15) is 30.9 Å². The normalized spacial score (nSPS) is 27.3. The van der Waals surface area contributed by atoms with Crippen LogP contribution in [0, 0.1) is 11.8 Å². The van der Waals surface area contributed by atoms with Crippen LogP contribution in [0.2, 0.25) is 0 Å². The Kier molecular flexibility index (Phi) is 6.02. The number of hydrogen-bond donors (Lipinski definition) is 2. The molecule has 1 aliphatic carbocycles. The molecule has 2 fully saturated rings. The summed E-state index contributed by atoms with van der Waals surface area (Å²) >= 11 is 0. The topological polar surface area (TPSA) is 75.4 Å². The largest absolute Gasteiger partial charge is 0.352 e. The summed E-state index contributed by atoms with van der Waals surface area (Å²) in [6.45, 7) is 1.64. The average Bonchev–Trinajstić information content (AvgIpc) is 3.03. The van der Waals surface area contributed by atoms with E-state index in [1.54, 1.807) is 4.90 Å². The minimum absolute atomic E-state index is 0. The number of amides is 2. The van der Waals surface area contributed by atoms with Crippen LogP contribution < -0.4 is 11.1 Å². The summed E-state index contributed by atoms with van der Waals surface area (Å²) in [5.74, 6) is 0.237. The van der Waals surface area contributed by atoms with Gasteiger partial charge in [0.15, 0.2) is 0 Å². The van der Waals surface area contributed by atoms with Crippen molar-refractivity contribution in [2.75, 3.05) is 19.6 Å². The molecule has 1 unspecified atom stereocenters. The van der Waals surface area contributed by atoms with E-state index in [0.29, 0.717) is 19.6 Å². The third-order valence-corrected chi connectivity index (χ3v) is 4.89. The van der Waals surface area contributed by atoms with Gasteiger partial charge in [0, 0.05) is 19.0 Å². The van der Waals surface area contributed by atoms with Gasteiger partial charge in [0.1, 0.15) is 6.04 Å². The number of nitrogens with two attached hydrogens (primary N) is 1. The molecule has 5 nitrogen and oxygen atoms in total. The molecule has 2 amide bonds. The van der Waals surface area contributed by atoms with E-state index in [0.717, 1.165) is 24.8 Å². The molecule has 0 spiro atoms. The molecule has 1 aliphatic heterocycles. The van der Waals surface area contributed by atoms with E-state index in [2.05, 4.69) is 5.32 Å². The van der Waals surface area contributed by atoms with Gasteiger partial charge in [-0.05, 0) is 30.9 Å². The SMILES string of the molecule is Cl.NC[C@H]1CCC[C@H]1C(=O)N1CCNC(=O)C1c1ccccc1. The van der Waals surface area contributed by atoms with E-state index in [4.69, 9.17) is 5.73 Å². The predicted molar refractivity (Wildman–Crippen MR) is 91.0 cm³/mol. The molecule has 0 aromatic heterocycles. The molecule has 3 N–H and O–H groups in total. The Morgan fingerprint density at radius 3 is 2.70 bits per heavy atom. The predicted octanol–water partition coefficient (Wildman–Crippen LogP) is 1.48. The Balaban J connectivity index is 0.00000192. The zero-order chi connectivity index (χ0) is 15.5. The molecular weight excluding hydrogens is 314 g/mol. The fourth-order valence-corrected chi connectivity index (χ4v) is 3.73. The highest BCUT2D eigenvalue weighted by Crippen LogP contribution is 2.35. The molecule has 2 aliphatic rings. The van der Waals surface area contributed by atoms with Crippen LogP contribution in [0.15, 0.2) is 30.3 Å². The van der Waals surface area contributed by atoms with Crippen LogP contribution in [0.4, 0.5) is 0 Å². The average molecular weight is 338 g/mol. The van der Waals surface area contributed by atoms with Crippen molar-refractivity contribution in [1.29, 1.82) is 0 Å². The lowest BCUT2D eigenvalue weighted by atomic mass is 9.92. The third-order valence-electron chi connectivity index (χ3n) is 4.89. The maximum atomic E-state index is 13.0. The van der Waals surface area contributed by atoms with Gasteiger partial charge < -0.3 is 16.0 Å². The molecule has 1 saturated heterocycles. The first kappa shape index (κ1) is 17.8. The molecule has 1 aromatic carbocycles. The summed E-state index contributed by atoms with van der Waals surface area (Å²) < 4.78 is 0. The summed E-state index contributed by atoms with van der Waals surface area (Å²) in [4.78, 5) is 27.1. The summed E-state index contributed by atoms with van der Waals surface area (Å²) in [5, 5.41) is 2.87. The number of halogens is 1. The molecule has 23 heavy (non-hydrogen) atoms. The monoisotopic (exact) mass is 337 g/mol. The van der Waals surface area contributed by atoms with Crippen molar-refractivity contribution in [2.24, 2.45) is 17.6 Å². The van der Waals surface area contributed by atoms with Gasteiger partial charge in [-0.15, -0.1) is 12.4 Å². The lowest BCUT2D eigenvalue weighted by Crippen LogP contribution is -2.54. The molecular formula is C17H24ClN3O2. The Bertz CT molecular complexity index is 552. The van der Waals surface area contributed by atoms with Crippen molar-refractivity contribution in [1.82, 2.24) is 10.2 Å². The van der Waals surface area contributed by atoms with Crippen LogP contribution in [0.25, 0.3) is 0 Å². The van der Waals surface area contributed by atoms with Gasteiger partial charge in [-0.1, -0.05) is 36.8 Å². The van der Waals surface area contributed by atoms with E-state index in [-0.39, 0.29) is 36.1 Å². The van der Waals surface area contributed by atoms with Crippen LogP contribution in [-0.2, 0) is 9.59 Å². The molecule has 3 atom stereocenters. The highest BCUT2D eigenvalue weighted by atomic mass is 35.5. The molecule has 1 saturated carbocycles. The highest BCUT2D eigenvalue weighted by Gasteiger charge is 2.40. The number of piperazine rings is 1. The van der Waals surface area contributed by atoms with Crippen molar-refractivity contribution in [3.63, 3.8) is 0 Å². The summed E-state index contributed by atoms with van der Waals surface area (Å²) in [6, 6.07) is 9.02. The fourth-order valence-electron chi connectivity index (χ4n) is 3.73. The standard InChI is InChI=1S/C17H23N3O2.ClH/c18-11-13-7-4-8-14(13)17(22)20-10-9-19-16(21)15(20)12-5-2-1-3-6-12;/h1-3,5-6,13-15H,4,7-11,18H2,(H,19,21);1H/t13-,14-,15?;/m1./s1. The van der Waals surface area contributed by atoms with Crippen molar-refractivity contribution in [3.8, 4) is 0 Å². The number of benzene rings is 1. The maximum Gasteiger partial charge on any atom is 0.247 e. The first-order chi connectivity index (χ1) is 10.7. The van der Waals surface area contributed by atoms with E-state index >= 15 is 0 Å². The molecule has 0 bridgehead atoms. The van der Waals surface area contributed by atoms with Gasteiger partial charge in [-0.25, -0.2) is 0 Å². The van der Waals surface area contributed by atoms with Crippen LogP contribution in [0.3, 0.4) is 0 Å². The number of nitrogens with one attached hydrogen (secondary N) is 1. The van der Waals surface area contributed by atoms with Crippen molar-refractivity contribution >= 4 is 24.2 Å². The van der Waals surface area contributed by atoms with Crippen molar-refractivity contribution in [2.45, 2.75) is 25.3 Å². The van der Waals surface area contributed by atoms with Crippen molar-refractivity contribution < 1.29 is 9.59 Å². The smallest absolute Gasteiger partial charge is 0.247 e. The lowest BCUT2D eigenvalue weighted by molar-refractivity contribution is -0.147. The van der Waals surface area contributed by atoms with Gasteiger partial charge in [0.2, 0.25) is 11.8 Å². The maximum absolute atomic E-state index is 13.0. The number of nitrogens with zero attached hydrogens (tertiary/aromatic N) is 1. The molecule has 3 rings (SSSR count). The van der Waals surface area contributed by atoms with Gasteiger partial charge in [-0.3, -0.25) is 9.59 Å². The van der Waals surface area contributed by atoms with E-state index in [1.165, 1.54) is 0 Å². The summed E-state index contributed by atoms with van der Waals surface area (Å²) in [6.07, 6.45) is 2.96. The first-order valence-electron chi connectivity index (χ1n) is 8.05. The van der Waals surface area contributed by atoms with Crippen LogP contribution in [-0.4, -0.2) is 36.3 Å². The van der Waals surface area contributed by atoms with Crippen molar-refractivity contribution in [3.05, 3.63) is 35.9 Å². The lowest BCUT2D eigenvalue weighted by Gasteiger charge is -2.37. The van der Waals surface area contributed by atoms with Gasteiger partial charge >= 0.3 is 0 Å². The molecule has 6 heteroatoms. The number of carbonyl (C=O) groups is 2. The Morgan fingerprint density at radius 1 is 1.26 bits per heavy atom. The highest BCUT2D eigenvalue weighted by molar-refractivity contribution is 5.90. The molecule has 126 valence electrons. The van der Waals surface area contributed by atoms with Gasteiger partial charge in [-0.2, -0.15) is 0 Å². The Labute approximate surface area is 143 Å². The summed E-state index contributed by atoms with van der Waals surface area (Å²) in [7, 11) is 0. The van der Waals surface area contributed by atoms with E-state index < -0.39 is 6.04 Å². The minimum atomic E-state index is -0.513. The second-order valence-corrected chi connectivity index (χ2v) is 6.17. The second-order valence-electron chi connectivity index (χ2n) is 6.17. The Hall–Kier alpha value is -1.59. The van der Waals surface area contributed by atoms with E-state index in [9.17, 15) is 9.59 Å². The molecule has 0 radical (unpaired) electrons. The number of carbonyl (C=O) groups excluding carboxylic acids is 2. The zero-order valence-electron chi connectivity index (χ0n) is 13.1. The van der Waals surface area contributed by atoms with Crippen LogP contribution >= 0.6 is 12.4 Å². The van der Waals surface area contributed by atoms with Crippen LogP contribution in [0.5, 0.6) is 0 Å². The fraction of sp³-hybridized carbons (Fsp3) is 0.529. The van der Waals surface area contributed by atoms with Gasteiger partial charge in [0.05, 0.1) is 0 Å². The first-order valence-corrected chi connectivity index (χ1v) is 8.05. The molecule has 1 aromatic rings. The Morgan fingerprint density at radius 2 is 2.00 bits per heavy atom. The number of rotatable bonds is 3.